The van der Waals surface area contributed by atoms with Crippen LogP contribution >= 0.6 is 0 Å². The lowest BCUT2D eigenvalue weighted by atomic mass is 9.79. The molecule has 0 aromatic rings. The van der Waals surface area contributed by atoms with Crippen LogP contribution in [0.1, 0.15) is 40.0 Å². The van der Waals surface area contributed by atoms with Crippen LogP contribution < -0.4 is 0 Å². The lowest BCUT2D eigenvalue weighted by Gasteiger charge is -2.39. The average Bonchev–Trinajstić information content (AvgIpc) is 2.78. The van der Waals surface area contributed by atoms with Crippen molar-refractivity contribution in [1.82, 2.24) is 4.90 Å². The van der Waals surface area contributed by atoms with E-state index in [1.165, 1.54) is 19.5 Å². The van der Waals surface area contributed by atoms with E-state index in [0.29, 0.717) is 12.0 Å². The van der Waals surface area contributed by atoms with Gasteiger partial charge in [-0.05, 0) is 37.1 Å². The standard InChI is InChI=1S/C15H29NO2/c1-14(2,3)13-4-7-16(10-13)11-15(12-17)5-8-18-9-6-15/h13,17H,4-12H2,1-3H3. The van der Waals surface area contributed by atoms with Crippen molar-refractivity contribution in [3.05, 3.63) is 0 Å². The van der Waals surface area contributed by atoms with E-state index in [0.717, 1.165) is 38.5 Å². The summed E-state index contributed by atoms with van der Waals surface area (Å²) >= 11 is 0. The van der Waals surface area contributed by atoms with Gasteiger partial charge in [-0.1, -0.05) is 20.8 Å². The molecule has 106 valence electrons. The number of rotatable bonds is 3. The summed E-state index contributed by atoms with van der Waals surface area (Å²) in [5.41, 5.74) is 0.516. The van der Waals surface area contributed by atoms with Gasteiger partial charge in [-0.15, -0.1) is 0 Å². The van der Waals surface area contributed by atoms with E-state index >= 15 is 0 Å². The van der Waals surface area contributed by atoms with Crippen molar-refractivity contribution >= 4 is 0 Å². The van der Waals surface area contributed by atoms with Gasteiger partial charge in [0, 0.05) is 31.7 Å². The quantitative estimate of drug-likeness (QED) is 0.838. The largest absolute Gasteiger partial charge is 0.396 e. The van der Waals surface area contributed by atoms with Gasteiger partial charge in [-0.25, -0.2) is 0 Å². The fourth-order valence-corrected chi connectivity index (χ4v) is 3.33. The third-order valence-electron chi connectivity index (χ3n) is 4.95. The lowest BCUT2D eigenvalue weighted by molar-refractivity contribution is -0.0321. The highest BCUT2D eigenvalue weighted by Crippen LogP contribution is 2.37. The zero-order valence-corrected chi connectivity index (χ0v) is 12.2. The number of nitrogens with zero attached hydrogens (tertiary/aromatic N) is 1. The predicted octanol–water partition coefficient (Wildman–Crippen LogP) is 2.14. The zero-order chi connectivity index (χ0) is 13.2. The number of hydrogen-bond donors (Lipinski definition) is 1. The van der Waals surface area contributed by atoms with Crippen LogP contribution in [0, 0.1) is 16.7 Å². The average molecular weight is 255 g/mol. The maximum Gasteiger partial charge on any atom is 0.0501 e. The van der Waals surface area contributed by atoms with Gasteiger partial charge in [0.05, 0.1) is 6.61 Å². The van der Waals surface area contributed by atoms with Crippen molar-refractivity contribution in [3.63, 3.8) is 0 Å². The summed E-state index contributed by atoms with van der Waals surface area (Å²) in [6.45, 7) is 12.4. The van der Waals surface area contributed by atoms with Crippen LogP contribution in [0.5, 0.6) is 0 Å². The van der Waals surface area contributed by atoms with Gasteiger partial charge in [0.2, 0.25) is 0 Å². The second kappa shape index (κ2) is 5.48. The number of aliphatic hydroxyl groups is 1. The first-order valence-corrected chi connectivity index (χ1v) is 7.36. The monoisotopic (exact) mass is 255 g/mol. The van der Waals surface area contributed by atoms with Crippen molar-refractivity contribution in [2.75, 3.05) is 39.5 Å². The Hall–Kier alpha value is -0.120. The summed E-state index contributed by atoms with van der Waals surface area (Å²) in [5.74, 6) is 0.799. The van der Waals surface area contributed by atoms with E-state index in [1.807, 2.05) is 0 Å². The van der Waals surface area contributed by atoms with Crippen LogP contribution in [0.4, 0.5) is 0 Å². The van der Waals surface area contributed by atoms with Crippen molar-refractivity contribution in [2.24, 2.45) is 16.7 Å². The topological polar surface area (TPSA) is 32.7 Å². The molecule has 0 aromatic carbocycles. The fourth-order valence-electron chi connectivity index (χ4n) is 3.33. The van der Waals surface area contributed by atoms with Gasteiger partial charge in [0.25, 0.3) is 0 Å². The van der Waals surface area contributed by atoms with Crippen LogP contribution in [0.25, 0.3) is 0 Å². The molecule has 2 aliphatic heterocycles. The molecule has 1 N–H and O–H groups in total. The molecule has 3 heteroatoms. The molecular formula is C15H29NO2. The first kappa shape index (κ1) is 14.3. The molecule has 2 saturated heterocycles. The maximum atomic E-state index is 9.75. The molecular weight excluding hydrogens is 226 g/mol. The molecule has 1 atom stereocenters. The smallest absolute Gasteiger partial charge is 0.0501 e. The number of likely N-dealkylation sites (tertiary alicyclic amines) is 1. The van der Waals surface area contributed by atoms with Crippen molar-refractivity contribution in [1.29, 1.82) is 0 Å². The zero-order valence-electron chi connectivity index (χ0n) is 12.2. The second-order valence-electron chi connectivity index (χ2n) is 7.36. The highest BCUT2D eigenvalue weighted by Gasteiger charge is 2.38. The van der Waals surface area contributed by atoms with Crippen molar-refractivity contribution in [2.45, 2.75) is 40.0 Å². The predicted molar refractivity (Wildman–Crippen MR) is 73.6 cm³/mol. The van der Waals surface area contributed by atoms with E-state index in [2.05, 4.69) is 25.7 Å². The highest BCUT2D eigenvalue weighted by molar-refractivity contribution is 4.90. The molecule has 2 rings (SSSR count). The van der Waals surface area contributed by atoms with E-state index in [1.54, 1.807) is 0 Å². The van der Waals surface area contributed by atoms with Gasteiger partial charge < -0.3 is 14.7 Å². The third kappa shape index (κ3) is 3.25. The molecule has 2 fully saturated rings. The second-order valence-corrected chi connectivity index (χ2v) is 7.36. The molecule has 0 spiro atoms. The molecule has 2 heterocycles. The van der Waals surface area contributed by atoms with Crippen LogP contribution in [-0.4, -0.2) is 49.5 Å². The van der Waals surface area contributed by atoms with Gasteiger partial charge >= 0.3 is 0 Å². The van der Waals surface area contributed by atoms with Crippen LogP contribution in [-0.2, 0) is 4.74 Å². The van der Waals surface area contributed by atoms with Crippen molar-refractivity contribution < 1.29 is 9.84 Å². The summed E-state index contributed by atoms with van der Waals surface area (Å²) in [6, 6.07) is 0. The highest BCUT2D eigenvalue weighted by atomic mass is 16.5. The molecule has 0 aliphatic carbocycles. The molecule has 0 radical (unpaired) electrons. The van der Waals surface area contributed by atoms with Gasteiger partial charge in [-0.3, -0.25) is 0 Å². The number of aliphatic hydroxyl groups excluding tert-OH is 1. The summed E-state index contributed by atoms with van der Waals surface area (Å²) < 4.78 is 5.44. The van der Waals surface area contributed by atoms with Gasteiger partial charge in [-0.2, -0.15) is 0 Å². The molecule has 0 saturated carbocycles. The molecule has 0 bridgehead atoms. The van der Waals surface area contributed by atoms with Gasteiger partial charge in [0.15, 0.2) is 0 Å². The SMILES string of the molecule is CC(C)(C)C1CCN(CC2(CO)CCOCC2)C1. The fraction of sp³-hybridized carbons (Fsp3) is 1.00. The molecule has 3 nitrogen and oxygen atoms in total. The maximum absolute atomic E-state index is 9.75. The number of ether oxygens (including phenoxy) is 1. The van der Waals surface area contributed by atoms with Crippen LogP contribution in [0.15, 0.2) is 0 Å². The summed E-state index contributed by atoms with van der Waals surface area (Å²) in [6.07, 6.45) is 3.34. The Morgan fingerprint density at radius 1 is 1.28 bits per heavy atom. The minimum absolute atomic E-state index is 0.102. The minimum Gasteiger partial charge on any atom is -0.396 e. The Bertz CT molecular complexity index is 266. The van der Waals surface area contributed by atoms with Crippen molar-refractivity contribution in [3.8, 4) is 0 Å². The lowest BCUT2D eigenvalue weighted by Crippen LogP contribution is -2.43. The first-order valence-electron chi connectivity index (χ1n) is 7.36. The molecule has 0 aromatic heterocycles. The van der Waals surface area contributed by atoms with Crippen LogP contribution in [0.3, 0.4) is 0 Å². The van der Waals surface area contributed by atoms with E-state index in [-0.39, 0.29) is 5.41 Å². The Morgan fingerprint density at radius 3 is 2.44 bits per heavy atom. The summed E-state index contributed by atoms with van der Waals surface area (Å²) in [7, 11) is 0. The van der Waals surface area contributed by atoms with E-state index in [4.69, 9.17) is 4.74 Å². The van der Waals surface area contributed by atoms with E-state index < -0.39 is 0 Å². The minimum atomic E-state index is 0.102. The molecule has 1 unspecified atom stereocenters. The Labute approximate surface area is 112 Å². The Balaban J connectivity index is 1.90. The Morgan fingerprint density at radius 2 is 1.94 bits per heavy atom. The number of hydrogen-bond acceptors (Lipinski definition) is 3. The summed E-state index contributed by atoms with van der Waals surface area (Å²) in [5, 5.41) is 9.75. The van der Waals surface area contributed by atoms with E-state index in [9.17, 15) is 5.11 Å². The molecule has 18 heavy (non-hydrogen) atoms. The van der Waals surface area contributed by atoms with Crippen LogP contribution in [0.2, 0.25) is 0 Å². The first-order chi connectivity index (χ1) is 8.45. The Kier molecular flexibility index (Phi) is 4.35. The summed E-state index contributed by atoms with van der Waals surface area (Å²) in [4.78, 5) is 2.57. The third-order valence-corrected chi connectivity index (χ3v) is 4.95. The molecule has 0 amide bonds. The normalized spacial score (nSPS) is 29.7. The molecule has 2 aliphatic rings. The van der Waals surface area contributed by atoms with Gasteiger partial charge in [0.1, 0.15) is 0 Å².